The Hall–Kier alpha value is -2.13. The number of rotatable bonds is 2. The summed E-state index contributed by atoms with van der Waals surface area (Å²) < 4.78 is 5.67. The van der Waals surface area contributed by atoms with Crippen LogP contribution in [0.5, 0.6) is 0 Å². The highest BCUT2D eigenvalue weighted by molar-refractivity contribution is 5.76. The maximum atomic E-state index is 9.29. The molecule has 3 rings (SSSR count). The van der Waals surface area contributed by atoms with Crippen LogP contribution in [-0.4, -0.2) is 10.1 Å². The molecule has 84 valence electrons. The number of aliphatic hydroxyl groups excluding tert-OH is 1. The quantitative estimate of drug-likeness (QED) is 0.729. The molecular weight excluding hydrogens is 214 g/mol. The lowest BCUT2D eigenvalue weighted by Gasteiger charge is -2.01. The van der Waals surface area contributed by atoms with Crippen molar-refractivity contribution in [3.63, 3.8) is 0 Å². The minimum Gasteiger partial charge on any atom is -0.436 e. The number of oxazole rings is 1. The number of hydrogen-bond acceptors (Lipinski definition) is 3. The van der Waals surface area contributed by atoms with Gasteiger partial charge in [0.1, 0.15) is 5.52 Å². The number of para-hydroxylation sites is 2. The minimum atomic E-state index is -0.0189. The lowest BCUT2D eigenvalue weighted by Crippen LogP contribution is -1.88. The van der Waals surface area contributed by atoms with Crippen molar-refractivity contribution in [2.24, 2.45) is 0 Å². The Balaban J connectivity index is 2.20. The number of fused-ring (bicyclic) bond motifs is 1. The van der Waals surface area contributed by atoms with Crippen molar-refractivity contribution in [1.29, 1.82) is 0 Å². The van der Waals surface area contributed by atoms with Gasteiger partial charge in [-0.25, -0.2) is 4.98 Å². The molecule has 3 heteroatoms. The third kappa shape index (κ3) is 1.70. The molecule has 0 radical (unpaired) electrons. The zero-order valence-electron chi connectivity index (χ0n) is 9.13. The highest BCUT2D eigenvalue weighted by Gasteiger charge is 2.10. The largest absolute Gasteiger partial charge is 0.436 e. The van der Waals surface area contributed by atoms with Crippen molar-refractivity contribution in [2.75, 3.05) is 0 Å². The molecule has 1 N–H and O–H groups in total. The fraction of sp³-hybridized carbons (Fsp3) is 0.0714. The van der Waals surface area contributed by atoms with Crippen LogP contribution < -0.4 is 0 Å². The predicted octanol–water partition coefficient (Wildman–Crippen LogP) is 2.99. The lowest BCUT2D eigenvalue weighted by molar-refractivity contribution is 0.282. The lowest BCUT2D eigenvalue weighted by atomic mass is 10.1. The molecule has 0 bridgehead atoms. The third-order valence-corrected chi connectivity index (χ3v) is 2.71. The number of benzene rings is 2. The fourth-order valence-electron chi connectivity index (χ4n) is 1.85. The molecule has 1 aromatic heterocycles. The van der Waals surface area contributed by atoms with Gasteiger partial charge in [0.25, 0.3) is 0 Å². The van der Waals surface area contributed by atoms with Crippen LogP contribution in [0.15, 0.2) is 52.9 Å². The molecule has 0 aliphatic rings. The summed E-state index contributed by atoms with van der Waals surface area (Å²) in [4.78, 5) is 4.41. The number of hydrogen-bond donors (Lipinski definition) is 1. The van der Waals surface area contributed by atoms with Crippen LogP contribution in [0.2, 0.25) is 0 Å². The topological polar surface area (TPSA) is 46.3 Å². The minimum absolute atomic E-state index is 0.0189. The molecule has 17 heavy (non-hydrogen) atoms. The molecule has 0 unspecified atom stereocenters. The monoisotopic (exact) mass is 225 g/mol. The first-order valence-electron chi connectivity index (χ1n) is 5.43. The molecule has 1 heterocycles. The zero-order chi connectivity index (χ0) is 11.7. The summed E-state index contributed by atoms with van der Waals surface area (Å²) in [5, 5.41) is 9.29. The molecule has 0 atom stereocenters. The van der Waals surface area contributed by atoms with Crippen LogP contribution in [0.1, 0.15) is 5.56 Å². The van der Waals surface area contributed by atoms with Crippen molar-refractivity contribution < 1.29 is 9.52 Å². The summed E-state index contributed by atoms with van der Waals surface area (Å²) in [5.74, 6) is 0.552. The maximum absolute atomic E-state index is 9.29. The molecule has 0 amide bonds. The zero-order valence-corrected chi connectivity index (χ0v) is 9.13. The molecule has 0 spiro atoms. The van der Waals surface area contributed by atoms with Crippen molar-refractivity contribution in [2.45, 2.75) is 6.61 Å². The molecule has 0 aliphatic heterocycles. The Kier molecular flexibility index (Phi) is 2.38. The van der Waals surface area contributed by atoms with Gasteiger partial charge in [-0.1, -0.05) is 30.3 Å². The molecule has 2 aromatic carbocycles. The summed E-state index contributed by atoms with van der Waals surface area (Å²) in [7, 11) is 0. The average Bonchev–Trinajstić information content (AvgIpc) is 2.82. The molecule has 3 nitrogen and oxygen atoms in total. The average molecular weight is 225 g/mol. The normalized spacial score (nSPS) is 10.9. The molecular formula is C14H11NO2. The molecule has 3 aromatic rings. The SMILES string of the molecule is OCc1ccccc1-c1nc2ccccc2o1. The van der Waals surface area contributed by atoms with Gasteiger partial charge in [-0.05, 0) is 23.8 Å². The van der Waals surface area contributed by atoms with E-state index in [1.807, 2.05) is 48.5 Å². The first-order valence-corrected chi connectivity index (χ1v) is 5.43. The van der Waals surface area contributed by atoms with E-state index in [-0.39, 0.29) is 6.61 Å². The summed E-state index contributed by atoms with van der Waals surface area (Å²) in [6.45, 7) is -0.0189. The van der Waals surface area contributed by atoms with Gasteiger partial charge in [0, 0.05) is 5.56 Å². The highest BCUT2D eigenvalue weighted by atomic mass is 16.3. The highest BCUT2D eigenvalue weighted by Crippen LogP contribution is 2.26. The van der Waals surface area contributed by atoms with Gasteiger partial charge >= 0.3 is 0 Å². The van der Waals surface area contributed by atoms with E-state index in [0.717, 1.165) is 22.2 Å². The van der Waals surface area contributed by atoms with Crippen LogP contribution >= 0.6 is 0 Å². The second-order valence-electron chi connectivity index (χ2n) is 3.80. The smallest absolute Gasteiger partial charge is 0.227 e. The van der Waals surface area contributed by atoms with E-state index in [9.17, 15) is 5.11 Å². The molecule has 0 fully saturated rings. The molecule has 0 aliphatic carbocycles. The Morgan fingerprint density at radius 3 is 2.59 bits per heavy atom. The number of aromatic nitrogens is 1. The van der Waals surface area contributed by atoms with Gasteiger partial charge in [0.2, 0.25) is 5.89 Å². The van der Waals surface area contributed by atoms with Crippen LogP contribution in [0.4, 0.5) is 0 Å². The van der Waals surface area contributed by atoms with Gasteiger partial charge in [-0.15, -0.1) is 0 Å². The van der Waals surface area contributed by atoms with Crippen molar-refractivity contribution in [3.8, 4) is 11.5 Å². The van der Waals surface area contributed by atoms with Crippen molar-refractivity contribution in [1.82, 2.24) is 4.98 Å². The first kappa shape index (κ1) is 10.1. The Labute approximate surface area is 98.3 Å². The molecule has 0 saturated carbocycles. The van der Waals surface area contributed by atoms with E-state index in [1.54, 1.807) is 0 Å². The van der Waals surface area contributed by atoms with E-state index in [2.05, 4.69) is 4.98 Å². The Bertz CT molecular complexity index is 625. The van der Waals surface area contributed by atoms with E-state index in [0.29, 0.717) is 5.89 Å². The van der Waals surface area contributed by atoms with Crippen LogP contribution in [0.3, 0.4) is 0 Å². The summed E-state index contributed by atoms with van der Waals surface area (Å²) >= 11 is 0. The second-order valence-corrected chi connectivity index (χ2v) is 3.80. The predicted molar refractivity (Wildman–Crippen MR) is 65.4 cm³/mol. The van der Waals surface area contributed by atoms with Gasteiger partial charge < -0.3 is 9.52 Å². The van der Waals surface area contributed by atoms with Gasteiger partial charge in [0.05, 0.1) is 6.61 Å². The van der Waals surface area contributed by atoms with Crippen molar-refractivity contribution >= 4 is 11.1 Å². The van der Waals surface area contributed by atoms with Crippen LogP contribution in [0, 0.1) is 0 Å². The van der Waals surface area contributed by atoms with E-state index in [4.69, 9.17) is 4.42 Å². The molecule has 0 saturated heterocycles. The number of aliphatic hydroxyl groups is 1. The van der Waals surface area contributed by atoms with Gasteiger partial charge in [0.15, 0.2) is 5.58 Å². The summed E-state index contributed by atoms with van der Waals surface area (Å²) in [6, 6.07) is 15.2. The second kappa shape index (κ2) is 4.03. The van der Waals surface area contributed by atoms with Crippen molar-refractivity contribution in [3.05, 3.63) is 54.1 Å². The van der Waals surface area contributed by atoms with E-state index < -0.39 is 0 Å². The Morgan fingerprint density at radius 2 is 1.76 bits per heavy atom. The van der Waals surface area contributed by atoms with Gasteiger partial charge in [-0.2, -0.15) is 0 Å². The van der Waals surface area contributed by atoms with Crippen LogP contribution in [0.25, 0.3) is 22.6 Å². The Morgan fingerprint density at radius 1 is 1.00 bits per heavy atom. The summed E-state index contributed by atoms with van der Waals surface area (Å²) in [6.07, 6.45) is 0. The van der Waals surface area contributed by atoms with E-state index in [1.165, 1.54) is 0 Å². The maximum Gasteiger partial charge on any atom is 0.227 e. The summed E-state index contributed by atoms with van der Waals surface area (Å²) in [5.41, 5.74) is 3.25. The fourth-order valence-corrected chi connectivity index (χ4v) is 1.85. The van der Waals surface area contributed by atoms with Gasteiger partial charge in [-0.3, -0.25) is 0 Å². The number of nitrogens with zero attached hydrogens (tertiary/aromatic N) is 1. The standard InChI is InChI=1S/C14H11NO2/c16-9-10-5-1-2-6-11(10)14-15-12-7-3-4-8-13(12)17-14/h1-8,16H,9H2. The van der Waals surface area contributed by atoms with Crippen LogP contribution in [-0.2, 0) is 6.61 Å². The first-order chi connectivity index (χ1) is 8.38. The van der Waals surface area contributed by atoms with E-state index >= 15 is 0 Å². The third-order valence-electron chi connectivity index (χ3n) is 2.71.